The van der Waals surface area contributed by atoms with E-state index < -0.39 is 10.0 Å². The highest BCUT2D eigenvalue weighted by Gasteiger charge is 2.23. The Morgan fingerprint density at radius 2 is 1.87 bits per heavy atom. The lowest BCUT2D eigenvalue weighted by Gasteiger charge is -2.32. The molecule has 7 nitrogen and oxygen atoms in total. The van der Waals surface area contributed by atoms with Gasteiger partial charge >= 0.3 is 0 Å². The van der Waals surface area contributed by atoms with Gasteiger partial charge in [-0.3, -0.25) is 9.59 Å². The van der Waals surface area contributed by atoms with Crippen molar-refractivity contribution in [2.75, 3.05) is 32.7 Å². The van der Waals surface area contributed by atoms with E-state index >= 15 is 0 Å². The molecule has 0 unspecified atom stereocenters. The Morgan fingerprint density at radius 1 is 1.22 bits per heavy atom. The van der Waals surface area contributed by atoms with Crippen LogP contribution in [0.1, 0.15) is 11.1 Å². The molecule has 1 heterocycles. The summed E-state index contributed by atoms with van der Waals surface area (Å²) in [4.78, 5) is 26.1. The highest BCUT2D eigenvalue weighted by molar-refractivity contribution is 7.89. The second-order valence-corrected chi connectivity index (χ2v) is 7.35. The normalized spacial score (nSPS) is 15.6. The molecule has 0 aromatic heterocycles. The summed E-state index contributed by atoms with van der Waals surface area (Å²) in [6.07, 6.45) is 0.755. The van der Waals surface area contributed by atoms with Gasteiger partial charge in [-0.2, -0.15) is 0 Å². The molecule has 1 aromatic rings. The number of carbonyl (C=O) groups is 2. The zero-order valence-electron chi connectivity index (χ0n) is 13.3. The van der Waals surface area contributed by atoms with Crippen molar-refractivity contribution in [1.82, 2.24) is 14.5 Å². The molecule has 2 amide bonds. The Morgan fingerprint density at radius 3 is 2.43 bits per heavy atom. The van der Waals surface area contributed by atoms with Crippen molar-refractivity contribution in [3.05, 3.63) is 29.3 Å². The SMILES string of the molecule is Cc1ccc(S(=O)(=O)NCC(=O)N2CCN(C=O)CC2)c(C)c1. The number of nitrogens with zero attached hydrogens (tertiary/aromatic N) is 2. The topological polar surface area (TPSA) is 86.8 Å². The molecule has 0 spiro atoms. The third kappa shape index (κ3) is 4.29. The fourth-order valence-electron chi connectivity index (χ4n) is 2.52. The molecule has 1 aliphatic heterocycles. The van der Waals surface area contributed by atoms with Crippen molar-refractivity contribution in [1.29, 1.82) is 0 Å². The first-order valence-corrected chi connectivity index (χ1v) is 8.86. The summed E-state index contributed by atoms with van der Waals surface area (Å²) in [5.74, 6) is -0.288. The first-order valence-electron chi connectivity index (χ1n) is 7.37. The van der Waals surface area contributed by atoms with E-state index in [1.165, 1.54) is 0 Å². The summed E-state index contributed by atoms with van der Waals surface area (Å²) < 4.78 is 27.0. The van der Waals surface area contributed by atoms with E-state index in [1.807, 2.05) is 6.92 Å². The van der Waals surface area contributed by atoms with Crippen LogP contribution in [0, 0.1) is 13.8 Å². The Hall–Kier alpha value is -1.93. The Bertz CT molecular complexity index is 695. The molecular weight excluding hydrogens is 318 g/mol. The lowest BCUT2D eigenvalue weighted by atomic mass is 10.2. The van der Waals surface area contributed by atoms with Crippen LogP contribution >= 0.6 is 0 Å². The number of rotatable bonds is 5. The number of amides is 2. The molecule has 8 heteroatoms. The maximum absolute atomic E-state index is 12.3. The zero-order valence-corrected chi connectivity index (χ0v) is 14.1. The van der Waals surface area contributed by atoms with Crippen LogP contribution in [-0.4, -0.2) is 63.3 Å². The fraction of sp³-hybridized carbons (Fsp3) is 0.467. The molecule has 0 radical (unpaired) electrons. The highest BCUT2D eigenvalue weighted by atomic mass is 32.2. The second-order valence-electron chi connectivity index (χ2n) is 5.62. The minimum absolute atomic E-state index is 0.182. The minimum Gasteiger partial charge on any atom is -0.342 e. The van der Waals surface area contributed by atoms with Crippen LogP contribution in [0.15, 0.2) is 23.1 Å². The van der Waals surface area contributed by atoms with Gasteiger partial charge < -0.3 is 9.80 Å². The van der Waals surface area contributed by atoms with Crippen molar-refractivity contribution >= 4 is 22.3 Å². The van der Waals surface area contributed by atoms with Crippen molar-refractivity contribution < 1.29 is 18.0 Å². The number of piperazine rings is 1. The van der Waals surface area contributed by atoms with Crippen LogP contribution in [-0.2, 0) is 19.6 Å². The van der Waals surface area contributed by atoms with Gasteiger partial charge in [-0.15, -0.1) is 0 Å². The van der Waals surface area contributed by atoms with Gasteiger partial charge in [0.1, 0.15) is 0 Å². The van der Waals surface area contributed by atoms with Crippen LogP contribution in [0.3, 0.4) is 0 Å². The van der Waals surface area contributed by atoms with Gasteiger partial charge in [0.2, 0.25) is 22.3 Å². The molecule has 1 N–H and O–H groups in total. The number of hydrogen-bond acceptors (Lipinski definition) is 4. The Labute approximate surface area is 136 Å². The van der Waals surface area contributed by atoms with Gasteiger partial charge in [0.05, 0.1) is 11.4 Å². The molecule has 0 saturated carbocycles. The van der Waals surface area contributed by atoms with E-state index in [0.29, 0.717) is 31.7 Å². The third-order valence-corrected chi connectivity index (χ3v) is 5.41. The maximum Gasteiger partial charge on any atom is 0.241 e. The molecule has 0 bridgehead atoms. The summed E-state index contributed by atoms with van der Waals surface area (Å²) in [6.45, 7) is 5.11. The van der Waals surface area contributed by atoms with E-state index in [2.05, 4.69) is 4.72 Å². The van der Waals surface area contributed by atoms with Gasteiger partial charge in [0, 0.05) is 26.2 Å². The number of hydrogen-bond donors (Lipinski definition) is 1. The highest BCUT2D eigenvalue weighted by Crippen LogP contribution is 2.16. The molecular formula is C15H21N3O4S. The monoisotopic (exact) mass is 339 g/mol. The van der Waals surface area contributed by atoms with E-state index in [4.69, 9.17) is 0 Å². The molecule has 1 aliphatic rings. The van der Waals surface area contributed by atoms with E-state index in [-0.39, 0.29) is 17.3 Å². The number of nitrogens with one attached hydrogen (secondary N) is 1. The zero-order chi connectivity index (χ0) is 17.0. The van der Waals surface area contributed by atoms with Gasteiger partial charge in [-0.1, -0.05) is 17.7 Å². The first-order chi connectivity index (χ1) is 10.8. The fourth-order valence-corrected chi connectivity index (χ4v) is 3.72. The number of carbonyl (C=O) groups excluding carboxylic acids is 2. The molecule has 2 rings (SSSR count). The van der Waals surface area contributed by atoms with E-state index in [0.717, 1.165) is 12.0 Å². The summed E-state index contributed by atoms with van der Waals surface area (Å²) >= 11 is 0. The largest absolute Gasteiger partial charge is 0.342 e. The maximum atomic E-state index is 12.3. The number of benzene rings is 1. The quantitative estimate of drug-likeness (QED) is 0.758. The van der Waals surface area contributed by atoms with Crippen LogP contribution in [0.4, 0.5) is 0 Å². The average molecular weight is 339 g/mol. The Kier molecular flexibility index (Phi) is 5.38. The molecule has 23 heavy (non-hydrogen) atoms. The lowest BCUT2D eigenvalue weighted by Crippen LogP contribution is -2.50. The van der Waals surface area contributed by atoms with Crippen molar-refractivity contribution in [3.63, 3.8) is 0 Å². The van der Waals surface area contributed by atoms with Crippen LogP contribution in [0.25, 0.3) is 0 Å². The van der Waals surface area contributed by atoms with Gasteiger partial charge in [0.15, 0.2) is 0 Å². The van der Waals surface area contributed by atoms with Gasteiger partial charge in [0.25, 0.3) is 0 Å². The summed E-state index contributed by atoms with van der Waals surface area (Å²) in [6, 6.07) is 5.05. The molecule has 0 atom stereocenters. The van der Waals surface area contributed by atoms with Crippen LogP contribution in [0.2, 0.25) is 0 Å². The molecule has 1 aromatic carbocycles. The number of sulfonamides is 1. The molecule has 1 saturated heterocycles. The predicted molar refractivity (Wildman–Crippen MR) is 85.3 cm³/mol. The van der Waals surface area contributed by atoms with Crippen LogP contribution < -0.4 is 4.72 Å². The molecule has 1 fully saturated rings. The summed E-state index contributed by atoms with van der Waals surface area (Å²) in [7, 11) is -3.72. The van der Waals surface area contributed by atoms with Gasteiger partial charge in [-0.25, -0.2) is 13.1 Å². The standard InChI is InChI=1S/C15H21N3O4S/c1-12-3-4-14(13(2)9-12)23(21,22)16-10-15(20)18-7-5-17(11-19)6-8-18/h3-4,9,11,16H,5-8,10H2,1-2H3. The minimum atomic E-state index is -3.72. The smallest absolute Gasteiger partial charge is 0.241 e. The van der Waals surface area contributed by atoms with Crippen molar-refractivity contribution in [2.24, 2.45) is 0 Å². The van der Waals surface area contributed by atoms with Crippen molar-refractivity contribution in [2.45, 2.75) is 18.7 Å². The lowest BCUT2D eigenvalue weighted by molar-refractivity contribution is -0.134. The predicted octanol–water partition coefficient (Wildman–Crippen LogP) is -0.118. The van der Waals surface area contributed by atoms with Gasteiger partial charge in [-0.05, 0) is 25.5 Å². The summed E-state index contributed by atoms with van der Waals surface area (Å²) in [5, 5.41) is 0. The molecule has 0 aliphatic carbocycles. The summed E-state index contributed by atoms with van der Waals surface area (Å²) in [5.41, 5.74) is 1.62. The van der Waals surface area contributed by atoms with E-state index in [9.17, 15) is 18.0 Å². The first kappa shape index (κ1) is 17.4. The number of aryl methyl sites for hydroxylation is 2. The Balaban J connectivity index is 1.96. The third-order valence-electron chi connectivity index (χ3n) is 3.85. The van der Waals surface area contributed by atoms with E-state index in [1.54, 1.807) is 34.9 Å². The van der Waals surface area contributed by atoms with Crippen LogP contribution in [0.5, 0.6) is 0 Å². The second kappa shape index (κ2) is 7.10. The average Bonchev–Trinajstić information content (AvgIpc) is 2.52. The van der Waals surface area contributed by atoms with Crippen molar-refractivity contribution in [3.8, 4) is 0 Å². The molecule has 126 valence electrons.